The maximum absolute atomic E-state index is 14.3. The molecule has 258 valence electrons. The first-order valence-electron chi connectivity index (χ1n) is 17.0. The highest BCUT2D eigenvalue weighted by Gasteiger charge is 2.32. The minimum Gasteiger partial charge on any atom is -0.490 e. The number of fused-ring (bicyclic) bond motifs is 1. The number of carbonyl (C=O) groups excluding carboxylic acids is 3. The Balaban J connectivity index is 1.58. The van der Waals surface area contributed by atoms with Crippen molar-refractivity contribution in [3.63, 3.8) is 0 Å². The SMILES string of the molecule is C[C@@H]1CN([C@@H](C)CO)C(=O)c2cc(NC(=O)Nc3ccc(F)cc3)ccc2O[C@@H](C)CCCCO[C@@H]1CN(C)C(=O)C1CCCCC1. The molecule has 1 aliphatic heterocycles. The number of nitrogens with zero attached hydrogens (tertiary/aromatic N) is 2. The van der Waals surface area contributed by atoms with Gasteiger partial charge in [-0.1, -0.05) is 26.2 Å². The molecule has 4 amide bonds. The first-order chi connectivity index (χ1) is 22.5. The van der Waals surface area contributed by atoms with Gasteiger partial charge in [-0.3, -0.25) is 9.59 Å². The summed E-state index contributed by atoms with van der Waals surface area (Å²) in [6.45, 7) is 6.71. The van der Waals surface area contributed by atoms with E-state index < -0.39 is 17.9 Å². The van der Waals surface area contributed by atoms with Crippen LogP contribution in [0, 0.1) is 17.7 Å². The Labute approximate surface area is 278 Å². The van der Waals surface area contributed by atoms with Crippen LogP contribution >= 0.6 is 0 Å². The van der Waals surface area contributed by atoms with Crippen LogP contribution in [0.25, 0.3) is 0 Å². The molecule has 4 rings (SSSR count). The van der Waals surface area contributed by atoms with E-state index in [1.165, 1.54) is 30.7 Å². The smallest absolute Gasteiger partial charge is 0.323 e. The molecule has 4 atom stereocenters. The predicted molar refractivity (Wildman–Crippen MR) is 180 cm³/mol. The summed E-state index contributed by atoms with van der Waals surface area (Å²) >= 11 is 0. The fraction of sp³-hybridized carbons (Fsp3) is 0.583. The van der Waals surface area contributed by atoms with Gasteiger partial charge in [-0.15, -0.1) is 0 Å². The largest absolute Gasteiger partial charge is 0.490 e. The number of aliphatic hydroxyl groups excluding tert-OH is 1. The van der Waals surface area contributed by atoms with Gasteiger partial charge in [0.2, 0.25) is 5.91 Å². The van der Waals surface area contributed by atoms with Crippen molar-refractivity contribution in [3.05, 3.63) is 53.8 Å². The van der Waals surface area contributed by atoms with Gasteiger partial charge in [0.15, 0.2) is 0 Å². The lowest BCUT2D eigenvalue weighted by atomic mass is 9.88. The van der Waals surface area contributed by atoms with Gasteiger partial charge in [-0.2, -0.15) is 0 Å². The quantitative estimate of drug-likeness (QED) is 0.322. The number of amides is 4. The second-order valence-corrected chi connectivity index (χ2v) is 13.2. The van der Waals surface area contributed by atoms with Gasteiger partial charge in [0, 0.05) is 50.0 Å². The molecule has 47 heavy (non-hydrogen) atoms. The lowest BCUT2D eigenvalue weighted by Crippen LogP contribution is -2.48. The molecule has 2 aliphatic rings. The van der Waals surface area contributed by atoms with Gasteiger partial charge < -0.3 is 35.0 Å². The van der Waals surface area contributed by atoms with Crippen molar-refractivity contribution in [1.29, 1.82) is 0 Å². The van der Waals surface area contributed by atoms with Crippen LogP contribution < -0.4 is 15.4 Å². The summed E-state index contributed by atoms with van der Waals surface area (Å²) in [4.78, 5) is 43.8. The number of ether oxygens (including phenoxy) is 2. The molecule has 10 nitrogen and oxygen atoms in total. The minimum atomic E-state index is -0.555. The third kappa shape index (κ3) is 10.4. The van der Waals surface area contributed by atoms with Crippen LogP contribution in [-0.4, -0.2) is 84.4 Å². The van der Waals surface area contributed by atoms with Crippen molar-refractivity contribution >= 4 is 29.2 Å². The molecule has 2 aromatic rings. The van der Waals surface area contributed by atoms with Crippen LogP contribution in [0.5, 0.6) is 5.75 Å². The van der Waals surface area contributed by atoms with Gasteiger partial charge in [0.25, 0.3) is 5.91 Å². The zero-order valence-electron chi connectivity index (χ0n) is 28.2. The molecule has 1 saturated carbocycles. The van der Waals surface area contributed by atoms with Crippen LogP contribution in [0.1, 0.15) is 82.5 Å². The highest BCUT2D eigenvalue weighted by molar-refractivity contribution is 6.02. The molecule has 0 unspecified atom stereocenters. The number of likely N-dealkylation sites (N-methyl/N-ethyl adjacent to an activating group) is 1. The number of urea groups is 1. The third-order valence-corrected chi connectivity index (χ3v) is 9.20. The number of nitrogens with one attached hydrogen (secondary N) is 2. The normalized spacial score (nSPS) is 22.3. The first-order valence-corrected chi connectivity index (χ1v) is 17.0. The molecule has 0 spiro atoms. The minimum absolute atomic E-state index is 0.0496. The van der Waals surface area contributed by atoms with E-state index in [4.69, 9.17) is 9.47 Å². The van der Waals surface area contributed by atoms with Crippen LogP contribution in [-0.2, 0) is 9.53 Å². The summed E-state index contributed by atoms with van der Waals surface area (Å²) < 4.78 is 26.0. The van der Waals surface area contributed by atoms with E-state index >= 15 is 0 Å². The number of benzene rings is 2. The number of hydrogen-bond donors (Lipinski definition) is 3. The number of anilines is 2. The maximum Gasteiger partial charge on any atom is 0.323 e. The van der Waals surface area contributed by atoms with Gasteiger partial charge in [0.1, 0.15) is 11.6 Å². The average molecular weight is 655 g/mol. The van der Waals surface area contributed by atoms with Crippen LogP contribution in [0.15, 0.2) is 42.5 Å². The summed E-state index contributed by atoms with van der Waals surface area (Å²) in [7, 11) is 1.84. The van der Waals surface area contributed by atoms with Crippen LogP contribution in [0.3, 0.4) is 0 Å². The molecular weight excluding hydrogens is 603 g/mol. The Morgan fingerprint density at radius 1 is 1.00 bits per heavy atom. The van der Waals surface area contributed by atoms with E-state index in [2.05, 4.69) is 10.6 Å². The van der Waals surface area contributed by atoms with Gasteiger partial charge in [-0.05, 0) is 88.4 Å². The lowest BCUT2D eigenvalue weighted by Gasteiger charge is -2.36. The van der Waals surface area contributed by atoms with E-state index in [9.17, 15) is 23.9 Å². The molecule has 1 fully saturated rings. The van der Waals surface area contributed by atoms with Gasteiger partial charge in [-0.25, -0.2) is 9.18 Å². The molecule has 0 saturated heterocycles. The number of aliphatic hydroxyl groups is 1. The molecular formula is C36H51FN4O6. The Morgan fingerprint density at radius 3 is 2.36 bits per heavy atom. The molecule has 2 aromatic carbocycles. The Bertz CT molecular complexity index is 1340. The highest BCUT2D eigenvalue weighted by Crippen LogP contribution is 2.29. The molecule has 1 aliphatic carbocycles. The molecule has 0 bridgehead atoms. The zero-order valence-corrected chi connectivity index (χ0v) is 28.2. The Kier molecular flexibility index (Phi) is 13.4. The summed E-state index contributed by atoms with van der Waals surface area (Å²) in [6, 6.07) is 9.23. The zero-order chi connectivity index (χ0) is 33.9. The third-order valence-electron chi connectivity index (χ3n) is 9.20. The number of hydrogen-bond acceptors (Lipinski definition) is 6. The standard InChI is InChI=1S/C36H51FN4O6/c1-24-21-41(25(2)23-42)35(44)31-20-30(39-36(45)38-29-15-13-28(37)14-16-29)17-18-32(31)47-26(3)10-8-9-19-46-33(24)22-40(4)34(43)27-11-6-5-7-12-27/h13-18,20,24-27,33,42H,5-12,19,21-23H2,1-4H3,(H2,38,39,45)/t24-,25+,26+,33-/m1/s1. The van der Waals surface area contributed by atoms with Crippen LogP contribution in [0.4, 0.5) is 20.6 Å². The topological polar surface area (TPSA) is 120 Å². The number of halogens is 1. The van der Waals surface area contributed by atoms with E-state index in [1.54, 1.807) is 34.9 Å². The van der Waals surface area contributed by atoms with Crippen molar-refractivity contribution in [2.45, 2.75) is 90.4 Å². The summed E-state index contributed by atoms with van der Waals surface area (Å²) in [5, 5.41) is 15.6. The number of carbonyl (C=O) groups is 3. The summed E-state index contributed by atoms with van der Waals surface area (Å²) in [5.74, 6) is -0.344. The maximum atomic E-state index is 14.3. The van der Waals surface area contributed by atoms with Crippen molar-refractivity contribution in [1.82, 2.24) is 9.80 Å². The van der Waals surface area contributed by atoms with E-state index in [-0.39, 0.29) is 54.6 Å². The fourth-order valence-electron chi connectivity index (χ4n) is 6.31. The van der Waals surface area contributed by atoms with Gasteiger partial charge in [0.05, 0.1) is 30.4 Å². The molecule has 11 heteroatoms. The van der Waals surface area contributed by atoms with Crippen molar-refractivity contribution in [3.8, 4) is 5.75 Å². The molecule has 0 aromatic heterocycles. The number of rotatable bonds is 7. The van der Waals surface area contributed by atoms with E-state index in [0.29, 0.717) is 30.3 Å². The fourth-order valence-corrected chi connectivity index (χ4v) is 6.31. The Hall–Kier alpha value is -3.70. The molecule has 3 N–H and O–H groups in total. The second-order valence-electron chi connectivity index (χ2n) is 13.2. The second kappa shape index (κ2) is 17.5. The first kappa shape index (κ1) is 36.1. The Morgan fingerprint density at radius 2 is 1.66 bits per heavy atom. The monoisotopic (exact) mass is 654 g/mol. The van der Waals surface area contributed by atoms with E-state index in [1.807, 2.05) is 20.9 Å². The molecule has 1 heterocycles. The lowest BCUT2D eigenvalue weighted by molar-refractivity contribution is -0.137. The van der Waals surface area contributed by atoms with E-state index in [0.717, 1.165) is 44.9 Å². The highest BCUT2D eigenvalue weighted by atomic mass is 19.1. The van der Waals surface area contributed by atoms with Crippen molar-refractivity contribution < 1.29 is 33.4 Å². The van der Waals surface area contributed by atoms with Crippen LogP contribution in [0.2, 0.25) is 0 Å². The predicted octanol–water partition coefficient (Wildman–Crippen LogP) is 6.30. The van der Waals surface area contributed by atoms with Crippen molar-refractivity contribution in [2.24, 2.45) is 11.8 Å². The molecule has 0 radical (unpaired) electrons. The summed E-state index contributed by atoms with van der Waals surface area (Å²) in [5.41, 5.74) is 1.03. The summed E-state index contributed by atoms with van der Waals surface area (Å²) in [6.07, 6.45) is 7.11. The van der Waals surface area contributed by atoms with Gasteiger partial charge >= 0.3 is 6.03 Å². The average Bonchev–Trinajstić information content (AvgIpc) is 3.07. The van der Waals surface area contributed by atoms with Crippen molar-refractivity contribution in [2.75, 3.05) is 44.0 Å².